The predicted octanol–water partition coefficient (Wildman–Crippen LogP) is 4.96. The maximum Gasteiger partial charge on any atom is 0.506 e. The minimum Gasteiger partial charge on any atom is -0.493 e. The summed E-state index contributed by atoms with van der Waals surface area (Å²) in [5.74, 6) is -1.08. The molecular formula is C32H33FN4O8S. The number of hydrogen-bond donors (Lipinski definition) is 3. The normalized spacial score (nSPS) is 17.0. The standard InChI is InChI=1S/C32H33FN4O8S/c1-4-46(41,42)27-8-6-5-7-21(27)29-24(45-32(39)40)12-14-37(29)31(38)28(22-16-25(43-2)26(44-3)17-23(22)33)36-19-9-10-20-18(15-19)11-13-35-30(20)34/h5-11,13,15-17,24,28-29,36H,4,12,14H2,1-3H3,(H2,34,35)(H,39,40)/t24-,28-,29+/m0/s1. The third-order valence-electron chi connectivity index (χ3n) is 8.00. The first-order valence-corrected chi connectivity index (χ1v) is 16.0. The van der Waals surface area contributed by atoms with Gasteiger partial charge in [-0.1, -0.05) is 25.1 Å². The van der Waals surface area contributed by atoms with E-state index in [9.17, 15) is 23.1 Å². The number of carboxylic acid groups (broad SMARTS) is 1. The van der Waals surface area contributed by atoms with Gasteiger partial charge in [-0.25, -0.2) is 22.6 Å². The molecule has 1 aliphatic rings. The highest BCUT2D eigenvalue weighted by molar-refractivity contribution is 7.91. The van der Waals surface area contributed by atoms with Gasteiger partial charge in [-0.3, -0.25) is 4.79 Å². The molecule has 0 spiro atoms. The number of aromatic nitrogens is 1. The van der Waals surface area contributed by atoms with Crippen molar-refractivity contribution in [3.8, 4) is 11.5 Å². The molecule has 0 radical (unpaired) electrons. The number of halogens is 1. The molecule has 14 heteroatoms. The number of hydrogen-bond acceptors (Lipinski definition) is 10. The van der Waals surface area contributed by atoms with Crippen LogP contribution in [0.25, 0.3) is 10.8 Å². The van der Waals surface area contributed by atoms with E-state index < -0.39 is 45.9 Å². The molecule has 0 saturated carbocycles. The van der Waals surface area contributed by atoms with E-state index >= 15 is 4.39 Å². The van der Waals surface area contributed by atoms with Gasteiger partial charge in [-0.15, -0.1) is 0 Å². The van der Waals surface area contributed by atoms with Crippen molar-refractivity contribution >= 4 is 44.2 Å². The molecule has 4 aromatic rings. The first-order chi connectivity index (χ1) is 22.0. The van der Waals surface area contributed by atoms with Crippen molar-refractivity contribution in [2.75, 3.05) is 37.6 Å². The molecule has 12 nitrogen and oxygen atoms in total. The minimum atomic E-state index is -3.80. The summed E-state index contributed by atoms with van der Waals surface area (Å²) in [7, 11) is -1.07. The first kappa shape index (κ1) is 32.3. The number of carbonyl (C=O) groups excluding carboxylic acids is 1. The zero-order valence-electron chi connectivity index (χ0n) is 25.3. The van der Waals surface area contributed by atoms with Crippen LogP contribution in [0.15, 0.2) is 71.8 Å². The fourth-order valence-corrected chi connectivity index (χ4v) is 6.93. The molecule has 1 amide bonds. The van der Waals surface area contributed by atoms with E-state index in [1.807, 2.05) is 0 Å². The lowest BCUT2D eigenvalue weighted by molar-refractivity contribution is -0.134. The van der Waals surface area contributed by atoms with E-state index in [-0.39, 0.29) is 46.2 Å². The average molecular weight is 653 g/mol. The van der Waals surface area contributed by atoms with Crippen molar-refractivity contribution in [3.05, 3.63) is 83.8 Å². The van der Waals surface area contributed by atoms with Crippen LogP contribution < -0.4 is 20.5 Å². The Hall–Kier alpha value is -5.11. The number of pyridine rings is 1. The van der Waals surface area contributed by atoms with Crippen molar-refractivity contribution in [2.24, 2.45) is 0 Å². The van der Waals surface area contributed by atoms with Crippen LogP contribution in [0.1, 0.15) is 36.6 Å². The fourth-order valence-electron chi connectivity index (χ4n) is 5.78. The van der Waals surface area contributed by atoms with Crippen LogP contribution >= 0.6 is 0 Å². The molecule has 1 fully saturated rings. The monoisotopic (exact) mass is 652 g/mol. The Morgan fingerprint density at radius 1 is 1.11 bits per heavy atom. The van der Waals surface area contributed by atoms with Crippen LogP contribution in [0.5, 0.6) is 11.5 Å². The summed E-state index contributed by atoms with van der Waals surface area (Å²) in [4.78, 5) is 31.7. The number of nitrogens with zero attached hydrogens (tertiary/aromatic N) is 2. The lowest BCUT2D eigenvalue weighted by Crippen LogP contribution is -2.40. The number of ether oxygens (including phenoxy) is 3. The van der Waals surface area contributed by atoms with Gasteiger partial charge in [0.25, 0.3) is 0 Å². The van der Waals surface area contributed by atoms with Gasteiger partial charge in [0, 0.05) is 41.9 Å². The SMILES string of the molecule is CCS(=O)(=O)c1ccccc1[C@@H]1[C@@H](OC(=O)O)CCN1C(=O)[C@@H](Nc1ccc2c(N)nccc2c1)c1cc(OC)c(OC)cc1F. The Kier molecular flexibility index (Phi) is 9.19. The number of fused-ring (bicyclic) bond motifs is 1. The summed E-state index contributed by atoms with van der Waals surface area (Å²) < 4.78 is 57.9. The number of anilines is 2. The Balaban J connectivity index is 1.66. The number of likely N-dealkylation sites (tertiary alicyclic amines) is 1. The zero-order valence-corrected chi connectivity index (χ0v) is 26.1. The van der Waals surface area contributed by atoms with E-state index in [0.717, 1.165) is 6.07 Å². The first-order valence-electron chi connectivity index (χ1n) is 14.3. The van der Waals surface area contributed by atoms with E-state index in [1.165, 1.54) is 50.4 Å². The van der Waals surface area contributed by atoms with Crippen LogP contribution in [0, 0.1) is 5.82 Å². The molecule has 0 aliphatic carbocycles. The van der Waals surface area contributed by atoms with Crippen molar-refractivity contribution in [1.29, 1.82) is 0 Å². The molecule has 1 aromatic heterocycles. The second-order valence-corrected chi connectivity index (χ2v) is 12.8. The van der Waals surface area contributed by atoms with E-state index in [2.05, 4.69) is 10.3 Å². The molecule has 3 atom stereocenters. The molecule has 46 heavy (non-hydrogen) atoms. The summed E-state index contributed by atoms with van der Waals surface area (Å²) in [6, 6.07) is 12.9. The Morgan fingerprint density at radius 3 is 2.52 bits per heavy atom. The Bertz CT molecular complexity index is 1900. The Labute approximate surface area is 264 Å². The van der Waals surface area contributed by atoms with Gasteiger partial charge in [0.1, 0.15) is 23.8 Å². The predicted molar refractivity (Wildman–Crippen MR) is 168 cm³/mol. The number of nitrogens with one attached hydrogen (secondary N) is 1. The van der Waals surface area contributed by atoms with Crippen molar-refractivity contribution in [2.45, 2.75) is 36.4 Å². The smallest absolute Gasteiger partial charge is 0.493 e. The zero-order chi connectivity index (χ0) is 33.2. The number of rotatable bonds is 10. The summed E-state index contributed by atoms with van der Waals surface area (Å²) >= 11 is 0. The van der Waals surface area contributed by atoms with Crippen LogP contribution in [0.3, 0.4) is 0 Å². The van der Waals surface area contributed by atoms with E-state index in [1.54, 1.807) is 36.4 Å². The molecule has 2 heterocycles. The van der Waals surface area contributed by atoms with Gasteiger partial charge < -0.3 is 35.3 Å². The highest BCUT2D eigenvalue weighted by atomic mass is 32.2. The topological polar surface area (TPSA) is 170 Å². The second kappa shape index (κ2) is 13.1. The van der Waals surface area contributed by atoms with E-state index in [4.69, 9.17) is 19.9 Å². The van der Waals surface area contributed by atoms with Crippen molar-refractivity contribution < 1.29 is 41.7 Å². The molecule has 3 aromatic carbocycles. The van der Waals surface area contributed by atoms with Crippen LogP contribution in [0.4, 0.5) is 20.7 Å². The maximum atomic E-state index is 15.8. The lowest BCUT2D eigenvalue weighted by atomic mass is 9.99. The number of carbonyl (C=O) groups is 2. The van der Waals surface area contributed by atoms with Gasteiger partial charge >= 0.3 is 6.16 Å². The Morgan fingerprint density at radius 2 is 1.83 bits per heavy atom. The second-order valence-electron chi connectivity index (χ2n) is 10.6. The van der Waals surface area contributed by atoms with Gasteiger partial charge in [-0.05, 0) is 47.3 Å². The third-order valence-corrected chi connectivity index (χ3v) is 9.80. The molecule has 4 N–H and O–H groups in total. The van der Waals surface area contributed by atoms with Crippen molar-refractivity contribution in [3.63, 3.8) is 0 Å². The molecule has 0 bridgehead atoms. The maximum absolute atomic E-state index is 15.8. The average Bonchev–Trinajstić information content (AvgIpc) is 3.45. The van der Waals surface area contributed by atoms with Crippen LogP contribution in [-0.4, -0.2) is 68.1 Å². The minimum absolute atomic E-state index is 0.00499. The highest BCUT2D eigenvalue weighted by Crippen LogP contribution is 2.41. The number of benzene rings is 3. The van der Waals surface area contributed by atoms with Gasteiger partial charge in [0.2, 0.25) is 5.91 Å². The summed E-state index contributed by atoms with van der Waals surface area (Å²) in [5, 5.41) is 14.0. The molecule has 1 saturated heterocycles. The van der Waals surface area contributed by atoms with E-state index in [0.29, 0.717) is 22.3 Å². The van der Waals surface area contributed by atoms with Gasteiger partial charge in [0.05, 0.1) is 30.9 Å². The fraction of sp³-hybridized carbons (Fsp3) is 0.281. The molecule has 5 rings (SSSR count). The van der Waals surface area contributed by atoms with Gasteiger partial charge in [-0.2, -0.15) is 0 Å². The summed E-state index contributed by atoms with van der Waals surface area (Å²) in [5.41, 5.74) is 6.56. The van der Waals surface area contributed by atoms with Crippen LogP contribution in [0.2, 0.25) is 0 Å². The quantitative estimate of drug-likeness (QED) is 0.198. The van der Waals surface area contributed by atoms with Gasteiger partial charge in [0.15, 0.2) is 21.3 Å². The summed E-state index contributed by atoms with van der Waals surface area (Å²) in [6.45, 7) is 1.48. The molecule has 1 aliphatic heterocycles. The summed E-state index contributed by atoms with van der Waals surface area (Å²) in [6.07, 6.45) is -1.06. The highest BCUT2D eigenvalue weighted by Gasteiger charge is 2.45. The largest absolute Gasteiger partial charge is 0.506 e. The number of nitrogen functional groups attached to an aromatic ring is 1. The number of amides is 1. The molecular weight excluding hydrogens is 619 g/mol. The number of sulfone groups is 1. The third kappa shape index (κ3) is 6.20. The van der Waals surface area contributed by atoms with Crippen molar-refractivity contribution in [1.82, 2.24) is 9.88 Å². The number of methoxy groups -OCH3 is 2. The molecule has 242 valence electrons. The lowest BCUT2D eigenvalue weighted by Gasteiger charge is -2.33. The van der Waals surface area contributed by atoms with Crippen LogP contribution in [-0.2, 0) is 19.4 Å². The number of nitrogens with two attached hydrogens (primary N) is 1. The molecule has 0 unspecified atom stereocenters.